The molecule has 3 rings (SSSR count). The Hall–Kier alpha value is -2.79. The SMILES string of the molecule is O=S(=O)(NOCCNc1cc(Nc2ccc(Cl)cn2)ncn1)c1ccccc1. The fourth-order valence-corrected chi connectivity index (χ4v) is 3.06. The highest BCUT2D eigenvalue weighted by Gasteiger charge is 2.12. The van der Waals surface area contributed by atoms with Crippen LogP contribution in [-0.4, -0.2) is 36.5 Å². The lowest BCUT2D eigenvalue weighted by atomic mass is 10.4. The third kappa shape index (κ3) is 5.86. The minimum atomic E-state index is -3.70. The summed E-state index contributed by atoms with van der Waals surface area (Å²) in [7, 11) is -3.70. The van der Waals surface area contributed by atoms with Crippen LogP contribution in [0.3, 0.4) is 0 Å². The highest BCUT2D eigenvalue weighted by molar-refractivity contribution is 7.89. The second kappa shape index (κ2) is 9.42. The molecule has 3 N–H and O–H groups in total. The van der Waals surface area contributed by atoms with Gasteiger partial charge in [0.25, 0.3) is 10.0 Å². The summed E-state index contributed by atoms with van der Waals surface area (Å²) in [6.07, 6.45) is 2.91. The minimum absolute atomic E-state index is 0.0948. The van der Waals surface area contributed by atoms with Crippen LogP contribution in [0.1, 0.15) is 0 Å². The molecule has 0 atom stereocenters. The third-order valence-electron chi connectivity index (χ3n) is 3.38. The molecule has 0 bridgehead atoms. The van der Waals surface area contributed by atoms with Gasteiger partial charge in [0.1, 0.15) is 23.8 Å². The molecular formula is C17H17ClN6O3S. The van der Waals surface area contributed by atoms with Gasteiger partial charge in [-0.2, -0.15) is 0 Å². The molecule has 0 aliphatic carbocycles. The van der Waals surface area contributed by atoms with E-state index in [2.05, 4.69) is 30.5 Å². The summed E-state index contributed by atoms with van der Waals surface area (Å²) in [4.78, 5) is 19.6. The van der Waals surface area contributed by atoms with Gasteiger partial charge in [-0.1, -0.05) is 34.7 Å². The highest BCUT2D eigenvalue weighted by atomic mass is 35.5. The van der Waals surface area contributed by atoms with Gasteiger partial charge < -0.3 is 10.6 Å². The average Bonchev–Trinajstić information content (AvgIpc) is 2.70. The Kier molecular flexibility index (Phi) is 6.71. The molecule has 9 nitrogen and oxygen atoms in total. The fraction of sp³-hybridized carbons (Fsp3) is 0.118. The third-order valence-corrected chi connectivity index (χ3v) is 4.84. The van der Waals surface area contributed by atoms with Crippen LogP contribution in [0.15, 0.2) is 66.0 Å². The van der Waals surface area contributed by atoms with Crippen molar-refractivity contribution in [2.45, 2.75) is 4.90 Å². The van der Waals surface area contributed by atoms with Gasteiger partial charge in [0.2, 0.25) is 0 Å². The number of nitrogens with zero attached hydrogens (tertiary/aromatic N) is 3. The number of hydrogen-bond acceptors (Lipinski definition) is 8. The van der Waals surface area contributed by atoms with Crippen molar-refractivity contribution in [3.63, 3.8) is 0 Å². The zero-order valence-electron chi connectivity index (χ0n) is 14.5. The van der Waals surface area contributed by atoms with E-state index in [-0.39, 0.29) is 11.5 Å². The van der Waals surface area contributed by atoms with Crippen molar-refractivity contribution in [2.24, 2.45) is 0 Å². The van der Waals surface area contributed by atoms with Crippen LogP contribution in [0.2, 0.25) is 5.02 Å². The lowest BCUT2D eigenvalue weighted by Crippen LogP contribution is -2.26. The van der Waals surface area contributed by atoms with E-state index >= 15 is 0 Å². The van der Waals surface area contributed by atoms with Crippen molar-refractivity contribution in [3.8, 4) is 0 Å². The molecule has 28 heavy (non-hydrogen) atoms. The molecular weight excluding hydrogens is 404 g/mol. The smallest absolute Gasteiger partial charge is 0.262 e. The molecule has 0 unspecified atom stereocenters. The van der Waals surface area contributed by atoms with Gasteiger partial charge in [-0.25, -0.2) is 23.4 Å². The minimum Gasteiger partial charge on any atom is -0.368 e. The van der Waals surface area contributed by atoms with E-state index in [4.69, 9.17) is 16.4 Å². The summed E-state index contributed by atoms with van der Waals surface area (Å²) in [6, 6.07) is 13.1. The highest BCUT2D eigenvalue weighted by Crippen LogP contribution is 2.16. The van der Waals surface area contributed by atoms with Gasteiger partial charge in [-0.3, -0.25) is 4.84 Å². The zero-order valence-corrected chi connectivity index (χ0v) is 16.1. The Morgan fingerprint density at radius 1 is 0.964 bits per heavy atom. The van der Waals surface area contributed by atoms with Crippen LogP contribution in [-0.2, 0) is 14.9 Å². The summed E-state index contributed by atoms with van der Waals surface area (Å²) in [5.41, 5.74) is 0. The maximum atomic E-state index is 12.0. The van der Waals surface area contributed by atoms with E-state index in [1.54, 1.807) is 36.4 Å². The molecule has 1 aromatic carbocycles. The quantitative estimate of drug-likeness (QED) is 0.357. The number of nitrogens with one attached hydrogen (secondary N) is 3. The number of hydrogen-bond donors (Lipinski definition) is 3. The molecule has 146 valence electrons. The summed E-state index contributed by atoms with van der Waals surface area (Å²) >= 11 is 5.81. The summed E-state index contributed by atoms with van der Waals surface area (Å²) in [6.45, 7) is 0.421. The molecule has 0 saturated heterocycles. The molecule has 0 spiro atoms. The second-order valence-corrected chi connectivity index (χ2v) is 7.53. The van der Waals surface area contributed by atoms with E-state index < -0.39 is 10.0 Å². The van der Waals surface area contributed by atoms with Crippen LogP contribution >= 0.6 is 11.6 Å². The Morgan fingerprint density at radius 3 is 2.50 bits per heavy atom. The largest absolute Gasteiger partial charge is 0.368 e. The molecule has 0 amide bonds. The van der Waals surface area contributed by atoms with Gasteiger partial charge >= 0.3 is 0 Å². The lowest BCUT2D eigenvalue weighted by Gasteiger charge is -2.09. The first-order chi connectivity index (χ1) is 13.5. The van der Waals surface area contributed by atoms with Gasteiger partial charge in [0.05, 0.1) is 16.5 Å². The van der Waals surface area contributed by atoms with E-state index in [0.29, 0.717) is 29.0 Å². The molecule has 2 heterocycles. The first-order valence-corrected chi connectivity index (χ1v) is 10.0. The molecule has 0 aliphatic rings. The number of anilines is 3. The summed E-state index contributed by atoms with van der Waals surface area (Å²) in [5.74, 6) is 1.67. The van der Waals surface area contributed by atoms with Crippen molar-refractivity contribution in [1.29, 1.82) is 0 Å². The summed E-state index contributed by atoms with van der Waals surface area (Å²) < 4.78 is 24.0. The number of sulfonamides is 1. The van der Waals surface area contributed by atoms with Crippen molar-refractivity contribution < 1.29 is 13.3 Å². The number of pyridine rings is 1. The first kappa shape index (κ1) is 20.0. The number of rotatable bonds is 9. The van der Waals surface area contributed by atoms with Crippen LogP contribution in [0.5, 0.6) is 0 Å². The lowest BCUT2D eigenvalue weighted by molar-refractivity contribution is 0.102. The molecule has 0 saturated carbocycles. The van der Waals surface area contributed by atoms with Crippen LogP contribution in [0.4, 0.5) is 17.5 Å². The number of halogens is 1. The van der Waals surface area contributed by atoms with Crippen molar-refractivity contribution in [1.82, 2.24) is 19.8 Å². The van der Waals surface area contributed by atoms with Crippen LogP contribution in [0, 0.1) is 0 Å². The van der Waals surface area contributed by atoms with E-state index in [1.165, 1.54) is 24.7 Å². The van der Waals surface area contributed by atoms with Gasteiger partial charge in [-0.15, -0.1) is 0 Å². The van der Waals surface area contributed by atoms with Crippen molar-refractivity contribution in [3.05, 3.63) is 66.1 Å². The monoisotopic (exact) mass is 420 g/mol. The van der Waals surface area contributed by atoms with Crippen LogP contribution < -0.4 is 15.5 Å². The number of aromatic nitrogens is 3. The van der Waals surface area contributed by atoms with Gasteiger partial charge in [-0.05, 0) is 24.3 Å². The maximum absolute atomic E-state index is 12.0. The predicted molar refractivity (Wildman–Crippen MR) is 106 cm³/mol. The second-order valence-electron chi connectivity index (χ2n) is 5.45. The van der Waals surface area contributed by atoms with Gasteiger partial charge in [0.15, 0.2) is 0 Å². The maximum Gasteiger partial charge on any atom is 0.262 e. The Morgan fingerprint density at radius 2 is 1.75 bits per heavy atom. The van der Waals surface area contributed by atoms with E-state index in [1.807, 2.05) is 0 Å². The fourth-order valence-electron chi connectivity index (χ4n) is 2.10. The Balaban J connectivity index is 1.45. The van der Waals surface area contributed by atoms with Crippen molar-refractivity contribution in [2.75, 3.05) is 23.8 Å². The molecule has 11 heteroatoms. The molecule has 3 aromatic rings. The van der Waals surface area contributed by atoms with E-state index in [9.17, 15) is 8.42 Å². The molecule has 0 radical (unpaired) electrons. The first-order valence-electron chi connectivity index (χ1n) is 8.16. The van der Waals surface area contributed by atoms with Gasteiger partial charge in [0, 0.05) is 18.8 Å². The summed E-state index contributed by atoms with van der Waals surface area (Å²) in [5, 5.41) is 6.58. The van der Waals surface area contributed by atoms with Crippen LogP contribution in [0.25, 0.3) is 0 Å². The zero-order chi connectivity index (χ0) is 19.8. The molecule has 2 aromatic heterocycles. The van der Waals surface area contributed by atoms with E-state index in [0.717, 1.165) is 0 Å². The normalized spacial score (nSPS) is 11.2. The standard InChI is InChI=1S/C17H17ClN6O3S/c18-13-6-7-15(20-11-13)23-17-10-16(21-12-22-17)19-8-9-27-24-28(25,26)14-4-2-1-3-5-14/h1-7,10-12,24H,8-9H2,(H2,19,20,21,22,23). The Bertz CT molecular complexity index is 1000. The average molecular weight is 421 g/mol. The molecule has 0 fully saturated rings. The topological polar surface area (TPSA) is 118 Å². The Labute approximate surface area is 167 Å². The number of benzene rings is 1. The molecule has 0 aliphatic heterocycles. The predicted octanol–water partition coefficient (Wildman–Crippen LogP) is 2.59. The van der Waals surface area contributed by atoms with Crippen molar-refractivity contribution >= 4 is 39.1 Å².